The van der Waals surface area contributed by atoms with Gasteiger partial charge in [0.05, 0.1) is 13.2 Å². The Morgan fingerprint density at radius 3 is 2.69 bits per heavy atom. The maximum Gasteiger partial charge on any atom is 0.0565 e. The second kappa shape index (κ2) is 8.81. The van der Waals surface area contributed by atoms with Crippen LogP contribution in [-0.2, 0) is 4.74 Å². The standard InChI is InChI=1S/C9H21NO2S/c1-3-4-8(10)9(7-11)13-6-5-12-2/h8-9,11H,3-7,10H2,1-2H3. The van der Waals surface area contributed by atoms with E-state index in [9.17, 15) is 0 Å². The van der Waals surface area contributed by atoms with E-state index in [0.717, 1.165) is 25.2 Å². The summed E-state index contributed by atoms with van der Waals surface area (Å²) < 4.78 is 4.93. The van der Waals surface area contributed by atoms with Crippen LogP contribution in [-0.4, -0.2) is 42.5 Å². The van der Waals surface area contributed by atoms with Gasteiger partial charge in [0.2, 0.25) is 0 Å². The molecule has 13 heavy (non-hydrogen) atoms. The molecule has 80 valence electrons. The highest BCUT2D eigenvalue weighted by Crippen LogP contribution is 2.15. The molecule has 0 fully saturated rings. The van der Waals surface area contributed by atoms with Crippen molar-refractivity contribution in [3.05, 3.63) is 0 Å². The molecule has 0 aromatic heterocycles. The van der Waals surface area contributed by atoms with E-state index in [4.69, 9.17) is 15.6 Å². The SMILES string of the molecule is CCCC(N)C(CO)SCCOC. The summed E-state index contributed by atoms with van der Waals surface area (Å²) in [5.41, 5.74) is 5.90. The zero-order valence-corrected chi connectivity index (χ0v) is 9.35. The van der Waals surface area contributed by atoms with Gasteiger partial charge in [-0.15, -0.1) is 0 Å². The Morgan fingerprint density at radius 1 is 1.54 bits per heavy atom. The second-order valence-electron chi connectivity index (χ2n) is 3.04. The number of hydrogen-bond acceptors (Lipinski definition) is 4. The molecule has 0 amide bonds. The molecule has 0 spiro atoms. The van der Waals surface area contributed by atoms with Crippen LogP contribution in [0.15, 0.2) is 0 Å². The average molecular weight is 207 g/mol. The molecule has 0 aliphatic heterocycles. The minimum Gasteiger partial charge on any atom is -0.395 e. The summed E-state index contributed by atoms with van der Waals surface area (Å²) in [6.07, 6.45) is 2.05. The number of thioether (sulfide) groups is 1. The number of aliphatic hydroxyl groups is 1. The molecule has 2 atom stereocenters. The fraction of sp³-hybridized carbons (Fsp3) is 1.00. The Hall–Kier alpha value is 0.230. The monoisotopic (exact) mass is 207 g/mol. The molecule has 0 saturated carbocycles. The Morgan fingerprint density at radius 2 is 2.23 bits per heavy atom. The van der Waals surface area contributed by atoms with Crippen LogP contribution in [0.3, 0.4) is 0 Å². The van der Waals surface area contributed by atoms with Gasteiger partial charge in [-0.25, -0.2) is 0 Å². The van der Waals surface area contributed by atoms with Crippen molar-refractivity contribution in [2.75, 3.05) is 26.1 Å². The van der Waals surface area contributed by atoms with Crippen molar-refractivity contribution in [1.29, 1.82) is 0 Å². The third-order valence-electron chi connectivity index (χ3n) is 1.90. The number of ether oxygens (including phenoxy) is 1. The molecule has 0 aromatic rings. The van der Waals surface area contributed by atoms with Gasteiger partial charge in [-0.2, -0.15) is 11.8 Å². The molecule has 0 heterocycles. The third-order valence-corrected chi connectivity index (χ3v) is 3.23. The fourth-order valence-electron chi connectivity index (χ4n) is 1.11. The van der Waals surface area contributed by atoms with Gasteiger partial charge in [-0.3, -0.25) is 0 Å². The topological polar surface area (TPSA) is 55.5 Å². The number of aliphatic hydroxyl groups excluding tert-OH is 1. The van der Waals surface area contributed by atoms with Crippen molar-refractivity contribution in [3.8, 4) is 0 Å². The van der Waals surface area contributed by atoms with Crippen LogP contribution in [0.4, 0.5) is 0 Å². The van der Waals surface area contributed by atoms with Gasteiger partial charge in [0.15, 0.2) is 0 Å². The zero-order chi connectivity index (χ0) is 10.1. The summed E-state index contributed by atoms with van der Waals surface area (Å²) >= 11 is 1.69. The largest absolute Gasteiger partial charge is 0.395 e. The zero-order valence-electron chi connectivity index (χ0n) is 8.53. The van der Waals surface area contributed by atoms with E-state index < -0.39 is 0 Å². The van der Waals surface area contributed by atoms with E-state index in [1.54, 1.807) is 18.9 Å². The third kappa shape index (κ3) is 6.32. The highest BCUT2D eigenvalue weighted by molar-refractivity contribution is 8.00. The molecule has 0 bridgehead atoms. The molecule has 3 nitrogen and oxygen atoms in total. The predicted octanol–water partition coefficient (Wildman–Crippen LogP) is 0.854. The molecule has 3 N–H and O–H groups in total. The Bertz CT molecular complexity index is 114. The van der Waals surface area contributed by atoms with Crippen molar-refractivity contribution < 1.29 is 9.84 Å². The van der Waals surface area contributed by atoms with Crippen molar-refractivity contribution in [2.24, 2.45) is 5.73 Å². The first-order valence-corrected chi connectivity index (χ1v) is 5.78. The van der Waals surface area contributed by atoms with Crippen LogP contribution in [0.1, 0.15) is 19.8 Å². The van der Waals surface area contributed by atoms with Gasteiger partial charge < -0.3 is 15.6 Å². The van der Waals surface area contributed by atoms with Crippen LogP contribution >= 0.6 is 11.8 Å². The lowest BCUT2D eigenvalue weighted by atomic mass is 10.1. The summed E-state index contributed by atoms with van der Waals surface area (Å²) in [5.74, 6) is 0.902. The highest BCUT2D eigenvalue weighted by atomic mass is 32.2. The number of methoxy groups -OCH3 is 1. The smallest absolute Gasteiger partial charge is 0.0565 e. The highest BCUT2D eigenvalue weighted by Gasteiger charge is 2.15. The molecule has 0 saturated heterocycles. The first-order chi connectivity index (χ1) is 6.26. The number of hydrogen-bond donors (Lipinski definition) is 2. The van der Waals surface area contributed by atoms with Crippen molar-refractivity contribution >= 4 is 11.8 Å². The average Bonchev–Trinajstić information content (AvgIpc) is 2.13. The summed E-state index contributed by atoms with van der Waals surface area (Å²) in [6.45, 7) is 2.99. The normalized spacial score (nSPS) is 15.7. The molecule has 0 aliphatic carbocycles. The lowest BCUT2D eigenvalue weighted by molar-refractivity contribution is 0.218. The van der Waals surface area contributed by atoms with E-state index >= 15 is 0 Å². The van der Waals surface area contributed by atoms with Crippen molar-refractivity contribution in [1.82, 2.24) is 0 Å². The summed E-state index contributed by atoms with van der Waals surface area (Å²) in [6, 6.07) is 0.108. The van der Waals surface area contributed by atoms with Crippen molar-refractivity contribution in [2.45, 2.75) is 31.1 Å². The van der Waals surface area contributed by atoms with E-state index in [0.29, 0.717) is 0 Å². The Labute approximate surface area is 85.0 Å². The maximum absolute atomic E-state index is 9.08. The van der Waals surface area contributed by atoms with Gasteiger partial charge >= 0.3 is 0 Å². The molecule has 0 radical (unpaired) electrons. The predicted molar refractivity (Wildman–Crippen MR) is 58.1 cm³/mol. The van der Waals surface area contributed by atoms with Gasteiger partial charge in [0.1, 0.15) is 0 Å². The molecule has 0 aromatic carbocycles. The first-order valence-electron chi connectivity index (χ1n) is 4.73. The number of nitrogens with two attached hydrogens (primary N) is 1. The van der Waals surface area contributed by atoms with Gasteiger partial charge in [0.25, 0.3) is 0 Å². The summed E-state index contributed by atoms with van der Waals surface area (Å²) in [4.78, 5) is 0. The molecular formula is C9H21NO2S. The summed E-state index contributed by atoms with van der Waals surface area (Å²) in [5, 5.41) is 9.24. The van der Waals surface area contributed by atoms with Crippen LogP contribution in [0.5, 0.6) is 0 Å². The molecule has 4 heteroatoms. The number of rotatable bonds is 8. The van der Waals surface area contributed by atoms with Gasteiger partial charge in [-0.1, -0.05) is 13.3 Å². The van der Waals surface area contributed by atoms with Crippen LogP contribution in [0, 0.1) is 0 Å². The van der Waals surface area contributed by atoms with Crippen LogP contribution in [0.25, 0.3) is 0 Å². The lowest BCUT2D eigenvalue weighted by Crippen LogP contribution is -2.35. The van der Waals surface area contributed by atoms with E-state index in [-0.39, 0.29) is 17.9 Å². The second-order valence-corrected chi connectivity index (χ2v) is 4.38. The van der Waals surface area contributed by atoms with E-state index in [1.165, 1.54) is 0 Å². The molecule has 2 unspecified atom stereocenters. The van der Waals surface area contributed by atoms with Gasteiger partial charge in [-0.05, 0) is 6.42 Å². The van der Waals surface area contributed by atoms with Crippen LogP contribution in [0.2, 0.25) is 0 Å². The van der Waals surface area contributed by atoms with Gasteiger partial charge in [0, 0.05) is 24.2 Å². The van der Waals surface area contributed by atoms with Crippen LogP contribution < -0.4 is 5.73 Å². The quantitative estimate of drug-likeness (QED) is 0.580. The fourth-order valence-corrected chi connectivity index (χ4v) is 2.17. The lowest BCUT2D eigenvalue weighted by Gasteiger charge is -2.20. The van der Waals surface area contributed by atoms with E-state index in [1.807, 2.05) is 0 Å². The Kier molecular flexibility index (Phi) is 8.97. The minimum absolute atomic E-state index is 0.108. The Balaban J connectivity index is 3.60. The van der Waals surface area contributed by atoms with E-state index in [2.05, 4.69) is 6.92 Å². The molecule has 0 rings (SSSR count). The molecule has 0 aliphatic rings. The maximum atomic E-state index is 9.08. The summed E-state index contributed by atoms with van der Waals surface area (Å²) in [7, 11) is 1.68. The minimum atomic E-state index is 0.108. The molecular weight excluding hydrogens is 186 g/mol. The van der Waals surface area contributed by atoms with Crippen molar-refractivity contribution in [3.63, 3.8) is 0 Å². The first kappa shape index (κ1) is 13.2.